The lowest BCUT2D eigenvalue weighted by Crippen LogP contribution is -2.43. The molecule has 2 heterocycles. The highest BCUT2D eigenvalue weighted by Gasteiger charge is 2.23. The Morgan fingerprint density at radius 1 is 0.909 bits per heavy atom. The summed E-state index contributed by atoms with van der Waals surface area (Å²) in [4.78, 5) is 39.3. The van der Waals surface area contributed by atoms with Crippen molar-refractivity contribution in [2.24, 2.45) is 7.05 Å². The Balaban J connectivity index is 1.36. The molecule has 2 N–H and O–H groups in total. The first-order valence-corrected chi connectivity index (χ1v) is 14.8. The Bertz CT molecular complexity index is 1870. The van der Waals surface area contributed by atoms with Crippen molar-refractivity contribution in [3.63, 3.8) is 0 Å². The van der Waals surface area contributed by atoms with E-state index in [4.69, 9.17) is 15.2 Å². The van der Waals surface area contributed by atoms with Crippen LogP contribution < -0.4 is 21.7 Å². The van der Waals surface area contributed by atoms with Crippen LogP contribution in [0.3, 0.4) is 0 Å². The molecular formula is C32H32N6O5S. The van der Waals surface area contributed by atoms with Gasteiger partial charge in [-0.1, -0.05) is 90.6 Å². The third kappa shape index (κ3) is 6.66. The standard InChI is InChI=1S/C32H32N6O5S/c1-36-30(40)28(29(33)38(32(36)41)19-22-11-5-3-6-12-22)25(39)21-44-31-35-34-27(37(31)17-18-42-2)20-43-26-16-10-9-15-24(26)23-13-7-4-8-14-23/h3-16H,17-21,33H2,1-2H3. The summed E-state index contributed by atoms with van der Waals surface area (Å²) in [6, 6.07) is 26.9. The van der Waals surface area contributed by atoms with Gasteiger partial charge in [0, 0.05) is 26.3 Å². The van der Waals surface area contributed by atoms with Crippen molar-refractivity contribution in [1.29, 1.82) is 0 Å². The van der Waals surface area contributed by atoms with E-state index in [1.165, 1.54) is 11.6 Å². The monoisotopic (exact) mass is 612 g/mol. The van der Waals surface area contributed by atoms with Gasteiger partial charge < -0.3 is 19.8 Å². The zero-order valence-electron chi connectivity index (χ0n) is 24.4. The van der Waals surface area contributed by atoms with Crippen molar-refractivity contribution in [2.75, 3.05) is 25.2 Å². The Kier molecular flexibility index (Phi) is 9.72. The number of nitrogen functional groups attached to an aromatic ring is 1. The van der Waals surface area contributed by atoms with Crippen LogP contribution in [0, 0.1) is 0 Å². The largest absolute Gasteiger partial charge is 0.485 e. The van der Waals surface area contributed by atoms with Crippen molar-refractivity contribution in [3.05, 3.63) is 123 Å². The number of rotatable bonds is 13. The van der Waals surface area contributed by atoms with E-state index in [2.05, 4.69) is 10.2 Å². The summed E-state index contributed by atoms with van der Waals surface area (Å²) in [5.74, 6) is 0.407. The molecule has 5 rings (SSSR count). The molecule has 11 nitrogen and oxygen atoms in total. The number of thioether (sulfide) groups is 1. The number of ketones is 1. The number of nitrogens with two attached hydrogens (primary N) is 1. The molecule has 0 radical (unpaired) electrons. The summed E-state index contributed by atoms with van der Waals surface area (Å²) in [5, 5.41) is 9.08. The van der Waals surface area contributed by atoms with Crippen LogP contribution in [0.5, 0.6) is 5.75 Å². The molecule has 0 amide bonds. The molecule has 12 heteroatoms. The Morgan fingerprint density at radius 2 is 1.59 bits per heavy atom. The van der Waals surface area contributed by atoms with Crippen molar-refractivity contribution in [3.8, 4) is 16.9 Å². The van der Waals surface area contributed by atoms with Crippen LogP contribution in [0.2, 0.25) is 0 Å². The van der Waals surface area contributed by atoms with E-state index in [9.17, 15) is 14.4 Å². The topological polar surface area (TPSA) is 136 Å². The first-order valence-electron chi connectivity index (χ1n) is 13.9. The first-order chi connectivity index (χ1) is 21.4. The minimum atomic E-state index is -0.741. The maximum Gasteiger partial charge on any atom is 0.332 e. The molecule has 0 unspecified atom stereocenters. The summed E-state index contributed by atoms with van der Waals surface area (Å²) >= 11 is 1.12. The SMILES string of the molecule is COCCn1c(COc2ccccc2-c2ccccc2)nnc1SCC(=O)c1c(N)n(Cc2ccccc2)c(=O)n(C)c1=O. The Morgan fingerprint density at radius 3 is 2.32 bits per heavy atom. The van der Waals surface area contributed by atoms with Crippen LogP contribution in [0.15, 0.2) is 99.7 Å². The van der Waals surface area contributed by atoms with Gasteiger partial charge in [0.1, 0.15) is 23.7 Å². The van der Waals surface area contributed by atoms with E-state index < -0.39 is 17.0 Å². The van der Waals surface area contributed by atoms with Gasteiger partial charge in [0.2, 0.25) is 0 Å². The maximum atomic E-state index is 13.4. The summed E-state index contributed by atoms with van der Waals surface area (Å²) in [6.45, 7) is 1.05. The second kappa shape index (κ2) is 14.0. The normalized spacial score (nSPS) is 11.0. The fourth-order valence-electron chi connectivity index (χ4n) is 4.70. The van der Waals surface area contributed by atoms with Crippen LogP contribution in [0.1, 0.15) is 21.7 Å². The van der Waals surface area contributed by atoms with E-state index in [0.717, 1.165) is 33.0 Å². The number of carbonyl (C=O) groups excluding carboxylic acids is 1. The number of aromatic nitrogens is 5. The van der Waals surface area contributed by atoms with Gasteiger partial charge in [-0.15, -0.1) is 10.2 Å². The molecule has 226 valence electrons. The minimum absolute atomic E-state index is 0.120. The molecule has 0 fully saturated rings. The van der Waals surface area contributed by atoms with Crippen molar-refractivity contribution >= 4 is 23.4 Å². The van der Waals surface area contributed by atoms with E-state index in [0.29, 0.717) is 29.9 Å². The van der Waals surface area contributed by atoms with E-state index in [-0.39, 0.29) is 30.3 Å². The number of hydrogen-bond acceptors (Lipinski definition) is 9. The molecule has 44 heavy (non-hydrogen) atoms. The Hall–Kier alpha value is -4.94. The van der Waals surface area contributed by atoms with Crippen LogP contribution in [-0.2, 0) is 31.5 Å². The molecule has 0 aliphatic rings. The molecule has 0 saturated heterocycles. The molecule has 3 aromatic carbocycles. The second-order valence-electron chi connectivity index (χ2n) is 9.88. The highest BCUT2D eigenvalue weighted by molar-refractivity contribution is 7.99. The molecule has 5 aromatic rings. The average molecular weight is 613 g/mol. The summed E-state index contributed by atoms with van der Waals surface area (Å²) in [6.07, 6.45) is 0. The van der Waals surface area contributed by atoms with Crippen molar-refractivity contribution in [1.82, 2.24) is 23.9 Å². The average Bonchev–Trinajstić information content (AvgIpc) is 3.45. The van der Waals surface area contributed by atoms with Gasteiger partial charge in [0.15, 0.2) is 16.8 Å². The third-order valence-corrected chi connectivity index (χ3v) is 7.99. The predicted octanol–water partition coefficient (Wildman–Crippen LogP) is 3.64. The molecule has 0 aliphatic heterocycles. The number of ether oxygens (including phenoxy) is 2. The highest BCUT2D eigenvalue weighted by atomic mass is 32.2. The van der Waals surface area contributed by atoms with Gasteiger partial charge >= 0.3 is 5.69 Å². The van der Waals surface area contributed by atoms with Gasteiger partial charge in [-0.3, -0.25) is 18.7 Å². The van der Waals surface area contributed by atoms with E-state index in [1.54, 1.807) is 7.11 Å². The van der Waals surface area contributed by atoms with Crippen LogP contribution >= 0.6 is 11.8 Å². The maximum absolute atomic E-state index is 13.4. The number of nitrogens with zero attached hydrogens (tertiary/aromatic N) is 5. The van der Waals surface area contributed by atoms with E-state index >= 15 is 0 Å². The van der Waals surface area contributed by atoms with Gasteiger partial charge in [-0.2, -0.15) is 0 Å². The molecular weight excluding hydrogens is 580 g/mol. The lowest BCUT2D eigenvalue weighted by molar-refractivity contribution is 0.102. The van der Waals surface area contributed by atoms with Gasteiger partial charge in [-0.25, -0.2) is 4.79 Å². The number of anilines is 1. The zero-order valence-corrected chi connectivity index (χ0v) is 25.2. The minimum Gasteiger partial charge on any atom is -0.485 e. The number of Topliss-reactive ketones (excluding diaryl/α,β-unsaturated/α-hetero) is 1. The lowest BCUT2D eigenvalue weighted by Gasteiger charge is -2.15. The fourth-order valence-corrected chi connectivity index (χ4v) is 5.55. The third-order valence-electron chi connectivity index (χ3n) is 7.02. The first kappa shape index (κ1) is 30.5. The lowest BCUT2D eigenvalue weighted by atomic mass is 10.1. The van der Waals surface area contributed by atoms with Gasteiger partial charge in [0.05, 0.1) is 18.9 Å². The van der Waals surface area contributed by atoms with Crippen LogP contribution in [0.4, 0.5) is 5.82 Å². The quantitative estimate of drug-likeness (QED) is 0.156. The molecule has 0 saturated carbocycles. The zero-order chi connectivity index (χ0) is 31.1. The highest BCUT2D eigenvalue weighted by Crippen LogP contribution is 2.30. The van der Waals surface area contributed by atoms with Crippen LogP contribution in [0.25, 0.3) is 11.1 Å². The number of para-hydroxylation sites is 1. The number of methoxy groups -OCH3 is 1. The summed E-state index contributed by atoms with van der Waals surface area (Å²) in [5.41, 5.74) is 7.48. The molecule has 0 bridgehead atoms. The summed E-state index contributed by atoms with van der Waals surface area (Å²) in [7, 11) is 2.93. The smallest absolute Gasteiger partial charge is 0.332 e. The second-order valence-corrected chi connectivity index (χ2v) is 10.8. The number of carbonyl (C=O) groups is 1. The molecule has 0 spiro atoms. The van der Waals surface area contributed by atoms with Gasteiger partial charge in [-0.05, 0) is 17.2 Å². The summed E-state index contributed by atoms with van der Waals surface area (Å²) < 4.78 is 15.4. The van der Waals surface area contributed by atoms with E-state index in [1.807, 2.05) is 89.5 Å². The molecule has 2 aromatic heterocycles. The van der Waals surface area contributed by atoms with Crippen molar-refractivity contribution < 1.29 is 14.3 Å². The van der Waals surface area contributed by atoms with Gasteiger partial charge in [0.25, 0.3) is 5.56 Å². The molecule has 0 atom stereocenters. The fraction of sp³-hybridized carbons (Fsp3) is 0.219. The number of benzene rings is 3. The molecule has 0 aliphatic carbocycles. The van der Waals surface area contributed by atoms with Crippen molar-refractivity contribution in [2.45, 2.75) is 24.9 Å². The Labute approximate surface area is 257 Å². The van der Waals surface area contributed by atoms with Crippen LogP contribution in [-0.4, -0.2) is 49.2 Å². The predicted molar refractivity (Wildman–Crippen MR) is 169 cm³/mol. The number of hydrogen-bond donors (Lipinski definition) is 1.